The molecule has 0 aliphatic carbocycles. The number of piperidine rings is 1. The highest BCUT2D eigenvalue weighted by atomic mass is 19.1. The van der Waals surface area contributed by atoms with Crippen molar-refractivity contribution in [3.05, 3.63) is 58.0 Å². The smallest absolute Gasteiger partial charge is 0.274 e. The lowest BCUT2D eigenvalue weighted by Crippen LogP contribution is -2.44. The zero-order valence-electron chi connectivity index (χ0n) is 12.9. The number of benzene rings is 1. The third kappa shape index (κ3) is 2.36. The van der Waals surface area contributed by atoms with Gasteiger partial charge in [-0.25, -0.2) is 9.37 Å². The highest BCUT2D eigenvalue weighted by Crippen LogP contribution is 2.46. The van der Waals surface area contributed by atoms with Crippen LogP contribution in [-0.4, -0.2) is 29.6 Å². The summed E-state index contributed by atoms with van der Waals surface area (Å²) in [5.41, 5.74) is 1.01. The van der Waals surface area contributed by atoms with Gasteiger partial charge in [-0.1, -0.05) is 6.07 Å². The summed E-state index contributed by atoms with van der Waals surface area (Å²) in [5, 5.41) is 10.9. The Bertz CT molecular complexity index is 803. The molecule has 2 aliphatic heterocycles. The second kappa shape index (κ2) is 5.43. The maximum Gasteiger partial charge on any atom is 0.274 e. The summed E-state index contributed by atoms with van der Waals surface area (Å²) in [6, 6.07) is 7.64. The molecule has 0 saturated carbocycles. The van der Waals surface area contributed by atoms with E-state index in [0.717, 1.165) is 31.5 Å². The molecule has 2 aliphatic rings. The molecule has 1 aromatic heterocycles. The highest BCUT2D eigenvalue weighted by Gasteiger charge is 2.43. The van der Waals surface area contributed by atoms with Gasteiger partial charge in [-0.15, -0.1) is 0 Å². The van der Waals surface area contributed by atoms with E-state index >= 15 is 0 Å². The van der Waals surface area contributed by atoms with E-state index < -0.39 is 4.92 Å². The number of anilines is 1. The average Bonchev–Trinajstić information content (AvgIpc) is 2.93. The van der Waals surface area contributed by atoms with Crippen molar-refractivity contribution >= 4 is 11.5 Å². The standard InChI is InChI=1S/C17H16FN3O3/c18-12-1-2-14-15(9-12)24-11-17(14)4-7-20(8-5-17)16-10-13(21(22)23)3-6-19-16/h1-3,6,9-10H,4-5,7-8,11H2. The first kappa shape index (κ1) is 14.9. The molecule has 1 saturated heterocycles. The molecule has 1 aromatic carbocycles. The van der Waals surface area contributed by atoms with Gasteiger partial charge in [-0.05, 0) is 18.9 Å². The van der Waals surface area contributed by atoms with Crippen LogP contribution in [0.5, 0.6) is 5.75 Å². The fraction of sp³-hybridized carbons (Fsp3) is 0.353. The number of nitro groups is 1. The Labute approximate surface area is 138 Å². The lowest BCUT2D eigenvalue weighted by Gasteiger charge is -2.39. The number of fused-ring (bicyclic) bond motifs is 2. The number of rotatable bonds is 2. The lowest BCUT2D eigenvalue weighted by molar-refractivity contribution is -0.384. The molecule has 0 bridgehead atoms. The van der Waals surface area contributed by atoms with E-state index in [1.807, 2.05) is 6.07 Å². The van der Waals surface area contributed by atoms with E-state index in [9.17, 15) is 14.5 Å². The van der Waals surface area contributed by atoms with Crippen LogP contribution in [0, 0.1) is 15.9 Å². The molecular weight excluding hydrogens is 313 g/mol. The Hall–Kier alpha value is -2.70. The normalized spacial score (nSPS) is 18.3. The molecule has 124 valence electrons. The van der Waals surface area contributed by atoms with Crippen LogP contribution in [0.2, 0.25) is 0 Å². The van der Waals surface area contributed by atoms with Crippen molar-refractivity contribution in [1.82, 2.24) is 4.98 Å². The molecule has 2 aromatic rings. The van der Waals surface area contributed by atoms with Crippen LogP contribution in [-0.2, 0) is 5.41 Å². The summed E-state index contributed by atoms with van der Waals surface area (Å²) >= 11 is 0. The molecule has 7 heteroatoms. The van der Waals surface area contributed by atoms with Gasteiger partial charge in [-0.3, -0.25) is 10.1 Å². The molecule has 1 spiro atoms. The molecule has 4 rings (SSSR count). The van der Waals surface area contributed by atoms with Crippen molar-refractivity contribution in [3.63, 3.8) is 0 Å². The minimum absolute atomic E-state index is 0.0466. The SMILES string of the molecule is O=[N+]([O-])c1ccnc(N2CCC3(CC2)COc2cc(F)ccc23)c1. The van der Waals surface area contributed by atoms with Gasteiger partial charge in [0.15, 0.2) is 0 Å². The van der Waals surface area contributed by atoms with Gasteiger partial charge < -0.3 is 9.64 Å². The molecule has 1 fully saturated rings. The minimum Gasteiger partial charge on any atom is -0.492 e. The van der Waals surface area contributed by atoms with Crippen LogP contribution < -0.4 is 9.64 Å². The Morgan fingerprint density at radius 3 is 2.79 bits per heavy atom. The van der Waals surface area contributed by atoms with Gasteiger partial charge >= 0.3 is 0 Å². The summed E-state index contributed by atoms with van der Waals surface area (Å²) in [6.45, 7) is 2.02. The maximum atomic E-state index is 13.4. The van der Waals surface area contributed by atoms with Crippen LogP contribution in [0.25, 0.3) is 0 Å². The fourth-order valence-corrected chi connectivity index (χ4v) is 3.62. The molecule has 24 heavy (non-hydrogen) atoms. The number of ether oxygens (including phenoxy) is 1. The van der Waals surface area contributed by atoms with Crippen molar-refractivity contribution in [2.24, 2.45) is 0 Å². The fourth-order valence-electron chi connectivity index (χ4n) is 3.62. The summed E-state index contributed by atoms with van der Waals surface area (Å²) in [6.07, 6.45) is 3.15. The first-order valence-electron chi connectivity index (χ1n) is 7.86. The van der Waals surface area contributed by atoms with E-state index in [4.69, 9.17) is 4.74 Å². The molecule has 3 heterocycles. The van der Waals surface area contributed by atoms with Crippen molar-refractivity contribution in [1.29, 1.82) is 0 Å². The highest BCUT2D eigenvalue weighted by molar-refractivity contribution is 5.49. The predicted octanol–water partition coefficient (Wildman–Crippen LogP) is 3.06. The summed E-state index contributed by atoms with van der Waals surface area (Å²) in [4.78, 5) is 16.8. The Morgan fingerprint density at radius 2 is 2.04 bits per heavy atom. The second-order valence-corrected chi connectivity index (χ2v) is 6.33. The van der Waals surface area contributed by atoms with Crippen LogP contribution in [0.3, 0.4) is 0 Å². The number of hydrogen-bond acceptors (Lipinski definition) is 5. The van der Waals surface area contributed by atoms with E-state index in [2.05, 4.69) is 9.88 Å². The zero-order chi connectivity index (χ0) is 16.7. The quantitative estimate of drug-likeness (QED) is 0.626. The topological polar surface area (TPSA) is 68.5 Å². The van der Waals surface area contributed by atoms with E-state index in [1.54, 1.807) is 0 Å². The number of nitrogens with zero attached hydrogens (tertiary/aromatic N) is 3. The summed E-state index contributed by atoms with van der Waals surface area (Å²) in [7, 11) is 0. The summed E-state index contributed by atoms with van der Waals surface area (Å²) < 4.78 is 19.1. The van der Waals surface area contributed by atoms with Crippen molar-refractivity contribution < 1.29 is 14.1 Å². The molecule has 6 nitrogen and oxygen atoms in total. The van der Waals surface area contributed by atoms with Gasteiger partial charge in [0.1, 0.15) is 17.4 Å². The number of hydrogen-bond donors (Lipinski definition) is 0. The van der Waals surface area contributed by atoms with Crippen molar-refractivity contribution in [2.45, 2.75) is 18.3 Å². The van der Waals surface area contributed by atoms with E-state index in [-0.39, 0.29) is 16.9 Å². The zero-order valence-corrected chi connectivity index (χ0v) is 12.9. The van der Waals surface area contributed by atoms with Crippen LogP contribution in [0.15, 0.2) is 36.5 Å². The summed E-state index contributed by atoms with van der Waals surface area (Å²) in [5.74, 6) is 0.971. The molecule has 0 unspecified atom stereocenters. The van der Waals surface area contributed by atoms with Gasteiger partial charge in [0.2, 0.25) is 0 Å². The second-order valence-electron chi connectivity index (χ2n) is 6.33. The maximum absolute atomic E-state index is 13.4. The van der Waals surface area contributed by atoms with Crippen molar-refractivity contribution in [2.75, 3.05) is 24.6 Å². The van der Waals surface area contributed by atoms with Crippen LogP contribution >= 0.6 is 0 Å². The monoisotopic (exact) mass is 329 g/mol. The molecule has 0 atom stereocenters. The van der Waals surface area contributed by atoms with E-state index in [1.165, 1.54) is 30.5 Å². The van der Waals surface area contributed by atoms with Gasteiger partial charge in [0.25, 0.3) is 5.69 Å². The first-order valence-corrected chi connectivity index (χ1v) is 7.86. The van der Waals surface area contributed by atoms with Crippen LogP contribution in [0.4, 0.5) is 15.9 Å². The van der Waals surface area contributed by atoms with Gasteiger partial charge in [0, 0.05) is 42.4 Å². The third-order valence-corrected chi connectivity index (χ3v) is 5.00. The number of aromatic nitrogens is 1. The average molecular weight is 329 g/mol. The van der Waals surface area contributed by atoms with E-state index in [0.29, 0.717) is 18.2 Å². The molecule has 0 N–H and O–H groups in total. The minimum atomic E-state index is -0.410. The molecule has 0 amide bonds. The molecular formula is C17H16FN3O3. The first-order chi connectivity index (χ1) is 11.6. The number of halogens is 1. The Morgan fingerprint density at radius 1 is 1.25 bits per heavy atom. The van der Waals surface area contributed by atoms with Crippen LogP contribution in [0.1, 0.15) is 18.4 Å². The molecule has 0 radical (unpaired) electrons. The number of pyridine rings is 1. The van der Waals surface area contributed by atoms with Gasteiger partial charge in [-0.2, -0.15) is 0 Å². The largest absolute Gasteiger partial charge is 0.492 e. The Balaban J connectivity index is 1.54. The predicted molar refractivity (Wildman–Crippen MR) is 85.9 cm³/mol. The third-order valence-electron chi connectivity index (χ3n) is 5.00. The lowest BCUT2D eigenvalue weighted by atomic mass is 9.74. The van der Waals surface area contributed by atoms with Crippen molar-refractivity contribution in [3.8, 4) is 5.75 Å². The Kier molecular flexibility index (Phi) is 3.37. The van der Waals surface area contributed by atoms with Gasteiger partial charge in [0.05, 0.1) is 17.6 Å².